The molecule has 146 valence electrons. The van der Waals surface area contributed by atoms with Gasteiger partial charge in [0, 0.05) is 30.0 Å². The highest BCUT2D eigenvalue weighted by Gasteiger charge is 2.33. The number of nitrogens with one attached hydrogen (secondary N) is 2. The molecule has 2 N–H and O–H groups in total. The van der Waals surface area contributed by atoms with Crippen LogP contribution in [0.2, 0.25) is 0 Å². The van der Waals surface area contributed by atoms with Crippen molar-refractivity contribution in [1.29, 1.82) is 0 Å². The minimum Gasteiger partial charge on any atom is -0.327 e. The number of urea groups is 1. The fraction of sp³-hybridized carbons (Fsp3) is 0.150. The van der Waals surface area contributed by atoms with E-state index in [9.17, 15) is 25.0 Å². The van der Waals surface area contributed by atoms with Crippen LogP contribution in [0.4, 0.5) is 16.2 Å². The van der Waals surface area contributed by atoms with Crippen LogP contribution in [0.3, 0.4) is 0 Å². The van der Waals surface area contributed by atoms with Crippen LogP contribution in [-0.2, 0) is 0 Å². The standard InChI is InChI=1S/C20H16N4O5/c25-20-21-18(13-4-2-6-16(11-13)24(28)29)17-8-7-14(19(17)22-20)9-12-3-1-5-15(10-12)23(26)27/h1-6,9-11,18H,7-8H2,(H2,21,22,25)/b14-9-. The van der Waals surface area contributed by atoms with Crippen LogP contribution in [0.15, 0.2) is 65.4 Å². The minimum atomic E-state index is -0.468. The molecule has 29 heavy (non-hydrogen) atoms. The van der Waals surface area contributed by atoms with Gasteiger partial charge < -0.3 is 10.6 Å². The van der Waals surface area contributed by atoms with E-state index < -0.39 is 21.9 Å². The molecule has 1 aliphatic heterocycles. The summed E-state index contributed by atoms with van der Waals surface area (Å²) in [5, 5.41) is 27.7. The van der Waals surface area contributed by atoms with Crippen LogP contribution in [0, 0.1) is 20.2 Å². The Morgan fingerprint density at radius 2 is 1.66 bits per heavy atom. The molecule has 0 saturated carbocycles. The zero-order chi connectivity index (χ0) is 20.5. The van der Waals surface area contributed by atoms with Crippen LogP contribution in [0.1, 0.15) is 30.0 Å². The van der Waals surface area contributed by atoms with Crippen molar-refractivity contribution in [3.8, 4) is 0 Å². The lowest BCUT2D eigenvalue weighted by Crippen LogP contribution is -2.43. The zero-order valence-corrected chi connectivity index (χ0v) is 15.1. The summed E-state index contributed by atoms with van der Waals surface area (Å²) < 4.78 is 0. The summed E-state index contributed by atoms with van der Waals surface area (Å²) in [6, 6.07) is 11.6. The number of rotatable bonds is 4. The van der Waals surface area contributed by atoms with Crippen LogP contribution in [0.25, 0.3) is 6.08 Å². The average molecular weight is 392 g/mol. The Balaban J connectivity index is 1.72. The van der Waals surface area contributed by atoms with Gasteiger partial charge in [-0.05, 0) is 41.2 Å². The molecule has 2 aliphatic rings. The summed E-state index contributed by atoms with van der Waals surface area (Å²) in [5.74, 6) is 0. The number of non-ortho nitro benzene ring substituents is 2. The van der Waals surface area contributed by atoms with E-state index in [0.29, 0.717) is 29.7 Å². The van der Waals surface area contributed by atoms with Crippen molar-refractivity contribution in [1.82, 2.24) is 10.6 Å². The van der Waals surface area contributed by atoms with Crippen molar-refractivity contribution in [3.05, 3.63) is 96.7 Å². The van der Waals surface area contributed by atoms with Gasteiger partial charge in [-0.1, -0.05) is 24.3 Å². The number of benzene rings is 2. The summed E-state index contributed by atoms with van der Waals surface area (Å²) in [6.07, 6.45) is 3.14. The molecule has 9 nitrogen and oxygen atoms in total. The Kier molecular flexibility index (Phi) is 4.55. The fourth-order valence-electron chi connectivity index (χ4n) is 3.72. The quantitative estimate of drug-likeness (QED) is 0.601. The zero-order valence-electron chi connectivity index (χ0n) is 15.1. The molecule has 0 aromatic heterocycles. The van der Waals surface area contributed by atoms with E-state index in [-0.39, 0.29) is 11.4 Å². The Hall–Kier alpha value is -4.01. The normalized spacial score (nSPS) is 19.5. The molecule has 0 fully saturated rings. The maximum atomic E-state index is 12.2. The van der Waals surface area contributed by atoms with Gasteiger partial charge in [0.25, 0.3) is 11.4 Å². The van der Waals surface area contributed by atoms with Crippen molar-refractivity contribution in [2.24, 2.45) is 0 Å². The molecule has 1 heterocycles. The Labute approximate surface area is 165 Å². The smallest absolute Gasteiger partial charge is 0.319 e. The minimum absolute atomic E-state index is 0.00429. The largest absolute Gasteiger partial charge is 0.327 e. The number of amides is 2. The first-order valence-electron chi connectivity index (χ1n) is 8.92. The van der Waals surface area contributed by atoms with E-state index in [0.717, 1.165) is 11.1 Å². The fourth-order valence-corrected chi connectivity index (χ4v) is 3.72. The van der Waals surface area contributed by atoms with Gasteiger partial charge in [0.1, 0.15) is 0 Å². The second-order valence-electron chi connectivity index (χ2n) is 6.81. The van der Waals surface area contributed by atoms with Gasteiger partial charge in [0.15, 0.2) is 0 Å². The predicted octanol–water partition coefficient (Wildman–Crippen LogP) is 3.99. The summed E-state index contributed by atoms with van der Waals surface area (Å²) in [4.78, 5) is 33.4. The lowest BCUT2D eigenvalue weighted by atomic mass is 9.95. The molecule has 2 aromatic rings. The van der Waals surface area contributed by atoms with Crippen molar-refractivity contribution in [2.45, 2.75) is 18.9 Å². The molecule has 9 heteroatoms. The number of nitro groups is 2. The molecule has 1 atom stereocenters. The summed E-state index contributed by atoms with van der Waals surface area (Å²) in [5.41, 5.74) is 3.74. The van der Waals surface area contributed by atoms with Gasteiger partial charge in [-0.25, -0.2) is 4.79 Å². The summed E-state index contributed by atoms with van der Waals surface area (Å²) in [7, 11) is 0. The predicted molar refractivity (Wildman–Crippen MR) is 105 cm³/mol. The number of allylic oxidation sites excluding steroid dienone is 1. The molecular weight excluding hydrogens is 376 g/mol. The SMILES string of the molecule is O=C1NC2=C(CC/C2=C/c2cccc([N+](=O)[O-])c2)C(c2cccc([N+](=O)[O-])c2)N1. The first-order chi connectivity index (χ1) is 13.9. The summed E-state index contributed by atoms with van der Waals surface area (Å²) in [6.45, 7) is 0. The number of nitro benzene ring substituents is 2. The highest BCUT2D eigenvalue weighted by molar-refractivity contribution is 5.82. The van der Waals surface area contributed by atoms with Gasteiger partial charge in [-0.15, -0.1) is 0 Å². The molecule has 1 unspecified atom stereocenters. The van der Waals surface area contributed by atoms with Crippen molar-refractivity contribution >= 4 is 23.5 Å². The topological polar surface area (TPSA) is 127 Å². The number of hydrogen-bond donors (Lipinski definition) is 2. The van der Waals surface area contributed by atoms with Gasteiger partial charge in [0.05, 0.1) is 15.9 Å². The van der Waals surface area contributed by atoms with Crippen LogP contribution in [-0.4, -0.2) is 15.9 Å². The number of hydrogen-bond acceptors (Lipinski definition) is 5. The second kappa shape index (κ2) is 7.19. The van der Waals surface area contributed by atoms with Crippen molar-refractivity contribution in [3.63, 3.8) is 0 Å². The second-order valence-corrected chi connectivity index (χ2v) is 6.81. The molecule has 4 rings (SSSR count). The molecule has 0 spiro atoms. The van der Waals surface area contributed by atoms with Crippen LogP contribution in [0.5, 0.6) is 0 Å². The number of carbonyl (C=O) groups excluding carboxylic acids is 1. The molecule has 2 amide bonds. The van der Waals surface area contributed by atoms with Crippen LogP contribution < -0.4 is 10.6 Å². The van der Waals surface area contributed by atoms with E-state index >= 15 is 0 Å². The molecule has 0 bridgehead atoms. The summed E-state index contributed by atoms with van der Waals surface area (Å²) >= 11 is 0. The Morgan fingerprint density at radius 1 is 0.966 bits per heavy atom. The lowest BCUT2D eigenvalue weighted by Gasteiger charge is -2.27. The van der Waals surface area contributed by atoms with Gasteiger partial charge in [0.2, 0.25) is 0 Å². The van der Waals surface area contributed by atoms with E-state index in [2.05, 4.69) is 10.6 Å². The third-order valence-electron chi connectivity index (χ3n) is 5.00. The molecule has 0 radical (unpaired) electrons. The molecule has 0 saturated heterocycles. The van der Waals surface area contributed by atoms with Crippen molar-refractivity contribution < 1.29 is 14.6 Å². The third-order valence-corrected chi connectivity index (χ3v) is 5.00. The van der Waals surface area contributed by atoms with Gasteiger partial charge in [-0.2, -0.15) is 0 Å². The molecule has 1 aliphatic carbocycles. The monoisotopic (exact) mass is 392 g/mol. The maximum Gasteiger partial charge on any atom is 0.319 e. The Bertz CT molecular complexity index is 1110. The number of nitrogens with zero attached hydrogens (tertiary/aromatic N) is 2. The molecular formula is C20H16N4O5. The maximum absolute atomic E-state index is 12.2. The first kappa shape index (κ1) is 18.4. The lowest BCUT2D eigenvalue weighted by molar-refractivity contribution is -0.385. The molecule has 2 aromatic carbocycles. The van der Waals surface area contributed by atoms with E-state index in [1.54, 1.807) is 24.3 Å². The first-order valence-corrected chi connectivity index (χ1v) is 8.92. The highest BCUT2D eigenvalue weighted by Crippen LogP contribution is 2.40. The van der Waals surface area contributed by atoms with Crippen LogP contribution >= 0.6 is 0 Å². The number of carbonyl (C=O) groups is 1. The third kappa shape index (κ3) is 3.57. The van der Waals surface area contributed by atoms with Gasteiger partial charge in [-0.3, -0.25) is 20.2 Å². The van der Waals surface area contributed by atoms with E-state index in [1.807, 2.05) is 6.08 Å². The highest BCUT2D eigenvalue weighted by atomic mass is 16.6. The Morgan fingerprint density at radius 3 is 2.38 bits per heavy atom. The van der Waals surface area contributed by atoms with E-state index in [1.165, 1.54) is 24.3 Å². The average Bonchev–Trinajstić information content (AvgIpc) is 3.10. The van der Waals surface area contributed by atoms with Crippen molar-refractivity contribution in [2.75, 3.05) is 0 Å². The van der Waals surface area contributed by atoms with Gasteiger partial charge >= 0.3 is 6.03 Å². The van der Waals surface area contributed by atoms with E-state index in [4.69, 9.17) is 0 Å².